The third-order valence-electron chi connectivity index (χ3n) is 4.45. The number of aromatic nitrogens is 2. The summed E-state index contributed by atoms with van der Waals surface area (Å²) >= 11 is 7.51. The molecule has 4 rings (SSSR count). The van der Waals surface area contributed by atoms with Crippen LogP contribution in [-0.2, 0) is 0 Å². The molecular formula is C23H18ClFN2S. The lowest BCUT2D eigenvalue weighted by molar-refractivity contribution is 0.628. The summed E-state index contributed by atoms with van der Waals surface area (Å²) in [6, 6.07) is 21.1. The van der Waals surface area contributed by atoms with E-state index >= 15 is 0 Å². The Hall–Kier alpha value is -2.56. The molecule has 140 valence electrons. The fraction of sp³-hybridized carbons (Fsp3) is 0.0870. The number of alkyl halides is 1. The Morgan fingerprint density at radius 3 is 2.21 bits per heavy atom. The smallest absolute Gasteiger partial charge is 0.123 e. The van der Waals surface area contributed by atoms with E-state index in [2.05, 4.69) is 40.3 Å². The van der Waals surface area contributed by atoms with Crippen LogP contribution in [0.1, 0.15) is 0 Å². The van der Waals surface area contributed by atoms with E-state index in [9.17, 15) is 4.39 Å². The number of rotatable bonds is 6. The van der Waals surface area contributed by atoms with Crippen molar-refractivity contribution in [3.8, 4) is 33.6 Å². The summed E-state index contributed by atoms with van der Waals surface area (Å²) in [5, 5.41) is 0. The summed E-state index contributed by atoms with van der Waals surface area (Å²) in [6.07, 6.45) is 3.55. The van der Waals surface area contributed by atoms with E-state index in [1.54, 1.807) is 36.3 Å². The topological polar surface area (TPSA) is 28.7 Å². The maximum atomic E-state index is 13.4. The van der Waals surface area contributed by atoms with Gasteiger partial charge in [0.15, 0.2) is 0 Å². The number of H-pyrrole nitrogens is 1. The molecule has 4 aromatic rings. The average molecular weight is 409 g/mol. The Kier molecular flexibility index (Phi) is 5.79. The lowest BCUT2D eigenvalue weighted by Gasteiger charge is -2.04. The predicted octanol–water partition coefficient (Wildman–Crippen LogP) is 6.88. The summed E-state index contributed by atoms with van der Waals surface area (Å²) < 4.78 is 13.4. The van der Waals surface area contributed by atoms with Gasteiger partial charge in [0, 0.05) is 40.2 Å². The number of hydrogen-bond acceptors (Lipinski definition) is 2. The van der Waals surface area contributed by atoms with Crippen LogP contribution in [0.4, 0.5) is 4.39 Å². The van der Waals surface area contributed by atoms with Gasteiger partial charge in [0.2, 0.25) is 0 Å². The first kappa shape index (κ1) is 18.8. The van der Waals surface area contributed by atoms with Crippen LogP contribution in [0, 0.1) is 5.82 Å². The molecule has 5 heteroatoms. The molecule has 0 radical (unpaired) electrons. The first-order valence-electron chi connectivity index (χ1n) is 8.93. The molecule has 0 atom stereocenters. The second-order valence-corrected chi connectivity index (χ2v) is 7.82. The molecule has 0 unspecified atom stereocenters. The SMILES string of the molecule is Fc1ccc(-c2[nH]c(-c3ccc(SCCCl)cc3)cc2-c2ccncc2)cc1. The van der Waals surface area contributed by atoms with Gasteiger partial charge in [-0.3, -0.25) is 4.98 Å². The summed E-state index contributed by atoms with van der Waals surface area (Å²) in [5.41, 5.74) is 6.13. The predicted molar refractivity (Wildman–Crippen MR) is 116 cm³/mol. The zero-order valence-corrected chi connectivity index (χ0v) is 16.6. The number of halogens is 2. The zero-order chi connectivity index (χ0) is 19.3. The van der Waals surface area contributed by atoms with Crippen LogP contribution in [0.2, 0.25) is 0 Å². The van der Waals surface area contributed by atoms with Crippen molar-refractivity contribution in [1.82, 2.24) is 9.97 Å². The molecule has 2 aromatic carbocycles. The molecule has 0 saturated heterocycles. The molecular weight excluding hydrogens is 391 g/mol. The number of benzene rings is 2. The van der Waals surface area contributed by atoms with Gasteiger partial charge in [-0.25, -0.2) is 4.39 Å². The van der Waals surface area contributed by atoms with Gasteiger partial charge in [0.05, 0.1) is 5.69 Å². The number of nitrogens with one attached hydrogen (secondary N) is 1. The molecule has 0 aliphatic heterocycles. The third kappa shape index (κ3) is 4.13. The molecule has 0 spiro atoms. The van der Waals surface area contributed by atoms with E-state index in [0.717, 1.165) is 39.4 Å². The zero-order valence-electron chi connectivity index (χ0n) is 15.0. The Bertz CT molecular complexity index is 1040. The van der Waals surface area contributed by atoms with Gasteiger partial charge >= 0.3 is 0 Å². The Morgan fingerprint density at radius 1 is 0.857 bits per heavy atom. The van der Waals surface area contributed by atoms with Crippen LogP contribution >= 0.6 is 23.4 Å². The van der Waals surface area contributed by atoms with Gasteiger partial charge in [-0.15, -0.1) is 23.4 Å². The lowest BCUT2D eigenvalue weighted by atomic mass is 10.0. The monoisotopic (exact) mass is 408 g/mol. The van der Waals surface area contributed by atoms with E-state index in [1.807, 2.05) is 12.1 Å². The van der Waals surface area contributed by atoms with Crippen molar-refractivity contribution >= 4 is 23.4 Å². The molecule has 2 nitrogen and oxygen atoms in total. The summed E-state index contributed by atoms with van der Waals surface area (Å²) in [5.74, 6) is 1.29. The number of nitrogens with zero attached hydrogens (tertiary/aromatic N) is 1. The largest absolute Gasteiger partial charge is 0.354 e. The highest BCUT2D eigenvalue weighted by Crippen LogP contribution is 2.36. The summed E-state index contributed by atoms with van der Waals surface area (Å²) in [4.78, 5) is 8.83. The number of hydrogen-bond donors (Lipinski definition) is 1. The second-order valence-electron chi connectivity index (χ2n) is 6.28. The Morgan fingerprint density at radius 2 is 1.54 bits per heavy atom. The summed E-state index contributed by atoms with van der Waals surface area (Å²) in [7, 11) is 0. The Labute approximate surface area is 172 Å². The molecule has 0 saturated carbocycles. The van der Waals surface area contributed by atoms with Crippen LogP contribution in [0.15, 0.2) is 84.0 Å². The molecule has 0 aliphatic rings. The van der Waals surface area contributed by atoms with E-state index in [0.29, 0.717) is 5.88 Å². The van der Waals surface area contributed by atoms with E-state index in [1.165, 1.54) is 17.0 Å². The molecule has 0 amide bonds. The second kappa shape index (κ2) is 8.63. The van der Waals surface area contributed by atoms with Gasteiger partial charge in [0.25, 0.3) is 0 Å². The van der Waals surface area contributed by atoms with Crippen LogP contribution in [0.25, 0.3) is 33.6 Å². The van der Waals surface area contributed by atoms with Gasteiger partial charge in [-0.05, 0) is 71.3 Å². The van der Waals surface area contributed by atoms with Gasteiger partial charge < -0.3 is 4.98 Å². The minimum absolute atomic E-state index is 0.244. The molecule has 2 heterocycles. The highest BCUT2D eigenvalue weighted by Gasteiger charge is 2.13. The maximum absolute atomic E-state index is 13.4. The maximum Gasteiger partial charge on any atom is 0.123 e. The number of pyridine rings is 1. The fourth-order valence-electron chi connectivity index (χ4n) is 3.10. The highest BCUT2D eigenvalue weighted by atomic mass is 35.5. The van der Waals surface area contributed by atoms with Crippen LogP contribution in [0.5, 0.6) is 0 Å². The summed E-state index contributed by atoms with van der Waals surface area (Å²) in [6.45, 7) is 0. The molecule has 0 bridgehead atoms. The average Bonchev–Trinajstić information content (AvgIpc) is 3.19. The van der Waals surface area contributed by atoms with Gasteiger partial charge in [-0.2, -0.15) is 0 Å². The van der Waals surface area contributed by atoms with Crippen molar-refractivity contribution < 1.29 is 4.39 Å². The van der Waals surface area contributed by atoms with E-state index in [-0.39, 0.29) is 5.82 Å². The van der Waals surface area contributed by atoms with Crippen molar-refractivity contribution in [3.63, 3.8) is 0 Å². The van der Waals surface area contributed by atoms with Gasteiger partial charge in [0.1, 0.15) is 5.82 Å². The quantitative estimate of drug-likeness (QED) is 0.278. The first-order chi connectivity index (χ1) is 13.7. The molecule has 0 aliphatic carbocycles. The number of thioether (sulfide) groups is 1. The molecule has 1 N–H and O–H groups in total. The van der Waals surface area contributed by atoms with Crippen molar-refractivity contribution in [2.75, 3.05) is 11.6 Å². The standard InChI is InChI=1S/C23H18ClFN2S/c24-11-14-28-20-7-3-17(4-8-20)22-15-21(16-9-12-26-13-10-16)23(27-22)18-1-5-19(25)6-2-18/h1-10,12-13,15,27H,11,14H2. The number of aromatic amines is 1. The Balaban J connectivity index is 1.76. The highest BCUT2D eigenvalue weighted by molar-refractivity contribution is 7.99. The normalized spacial score (nSPS) is 10.9. The lowest BCUT2D eigenvalue weighted by Crippen LogP contribution is -1.84. The van der Waals surface area contributed by atoms with Crippen LogP contribution in [-0.4, -0.2) is 21.6 Å². The van der Waals surface area contributed by atoms with Crippen molar-refractivity contribution in [3.05, 3.63) is 84.9 Å². The van der Waals surface area contributed by atoms with Crippen molar-refractivity contribution in [1.29, 1.82) is 0 Å². The minimum atomic E-state index is -0.244. The van der Waals surface area contributed by atoms with Crippen LogP contribution < -0.4 is 0 Å². The minimum Gasteiger partial charge on any atom is -0.354 e. The van der Waals surface area contributed by atoms with E-state index < -0.39 is 0 Å². The third-order valence-corrected chi connectivity index (χ3v) is 5.88. The molecule has 2 aromatic heterocycles. The van der Waals surface area contributed by atoms with E-state index in [4.69, 9.17) is 11.6 Å². The molecule has 28 heavy (non-hydrogen) atoms. The van der Waals surface area contributed by atoms with Crippen LogP contribution in [0.3, 0.4) is 0 Å². The molecule has 0 fully saturated rings. The van der Waals surface area contributed by atoms with Gasteiger partial charge in [-0.1, -0.05) is 12.1 Å². The first-order valence-corrected chi connectivity index (χ1v) is 10.4. The fourth-order valence-corrected chi connectivity index (χ4v) is 3.97. The van der Waals surface area contributed by atoms with Crippen molar-refractivity contribution in [2.45, 2.75) is 4.90 Å². The van der Waals surface area contributed by atoms with Crippen molar-refractivity contribution in [2.24, 2.45) is 0 Å².